The molecule has 4 bridgehead atoms. The van der Waals surface area contributed by atoms with Gasteiger partial charge in [-0.15, -0.1) is 0 Å². The molecule has 0 aliphatic carbocycles. The van der Waals surface area contributed by atoms with Crippen LogP contribution in [0.25, 0.3) is 0 Å². The van der Waals surface area contributed by atoms with Crippen LogP contribution in [0, 0.1) is 0 Å². The summed E-state index contributed by atoms with van der Waals surface area (Å²) in [5.74, 6) is 0. The Labute approximate surface area is 113 Å². The third-order valence-corrected chi connectivity index (χ3v) is 5.13. The second-order valence-corrected chi connectivity index (χ2v) is 6.25. The van der Waals surface area contributed by atoms with Gasteiger partial charge in [0, 0.05) is 0 Å². The highest BCUT2D eigenvalue weighted by atomic mass is 16.5. The Morgan fingerprint density at radius 2 is 1.63 bits per heavy atom. The lowest BCUT2D eigenvalue weighted by Crippen LogP contribution is -3.15. The van der Waals surface area contributed by atoms with Crippen LogP contribution in [-0.2, 0) is 5.41 Å². The maximum absolute atomic E-state index is 9.69. The fourth-order valence-corrected chi connectivity index (χ4v) is 4.40. The van der Waals surface area contributed by atoms with Gasteiger partial charge in [0.1, 0.15) is 31.6 Å². The van der Waals surface area contributed by atoms with E-state index < -0.39 is 0 Å². The van der Waals surface area contributed by atoms with Crippen molar-refractivity contribution in [1.29, 1.82) is 0 Å². The molecule has 0 amide bonds. The molecule has 4 aliphatic rings. The van der Waals surface area contributed by atoms with Crippen molar-refractivity contribution < 1.29 is 15.0 Å². The summed E-state index contributed by atoms with van der Waals surface area (Å²) in [4.78, 5) is 3.34. The number of rotatable bonds is 2. The Balaban J connectivity index is 1.92. The molecule has 19 heavy (non-hydrogen) atoms. The van der Waals surface area contributed by atoms with Crippen LogP contribution in [-0.4, -0.2) is 44.5 Å². The molecule has 4 heterocycles. The number of nitrogens with one attached hydrogen (secondary N) is 3. The topological polar surface area (TPSA) is 41.1 Å². The van der Waals surface area contributed by atoms with Crippen molar-refractivity contribution in [2.24, 2.45) is 0 Å². The lowest BCUT2D eigenvalue weighted by molar-refractivity contribution is -0.918. The number of hydrogen-bond acceptors (Lipinski definition) is 2. The maximum atomic E-state index is 9.69. The molecule has 0 radical (unpaired) electrons. The molecule has 4 N–H and O–H groups in total. The van der Waals surface area contributed by atoms with E-state index >= 15 is 0 Å². The minimum atomic E-state index is -0.0109. The van der Waals surface area contributed by atoms with E-state index in [-0.39, 0.29) is 5.41 Å². The Bertz CT molecular complexity index is 507. The number of hydroxylamine groups is 1. The third-order valence-electron chi connectivity index (χ3n) is 5.13. The molecule has 5 rings (SSSR count). The van der Waals surface area contributed by atoms with E-state index in [0.29, 0.717) is 0 Å². The van der Waals surface area contributed by atoms with Gasteiger partial charge in [0.05, 0.1) is 24.4 Å². The third kappa shape index (κ3) is 1.57. The first-order chi connectivity index (χ1) is 9.32. The minimum absolute atomic E-state index is 0.0109. The molecule has 100 valence electrons. The molecule has 1 aromatic rings. The zero-order valence-corrected chi connectivity index (χ0v) is 11.1. The first-order valence-corrected chi connectivity index (χ1v) is 7.17. The van der Waals surface area contributed by atoms with Crippen molar-refractivity contribution in [2.45, 2.75) is 5.41 Å². The summed E-state index contributed by atoms with van der Waals surface area (Å²) in [6.45, 7) is 6.92. The summed E-state index contributed by atoms with van der Waals surface area (Å²) in [5.41, 5.74) is 6.42. The van der Waals surface area contributed by atoms with Crippen LogP contribution in [0.2, 0.25) is 0 Å². The quantitative estimate of drug-likeness (QED) is 0.463. The van der Waals surface area contributed by atoms with E-state index in [0.717, 1.165) is 31.9 Å². The molecule has 2 unspecified atom stereocenters. The van der Waals surface area contributed by atoms with E-state index in [2.05, 4.69) is 35.8 Å². The molecule has 2 atom stereocenters. The molecule has 4 nitrogen and oxygen atoms in total. The average Bonchev–Trinajstić information content (AvgIpc) is 2.68. The highest BCUT2D eigenvalue weighted by Crippen LogP contribution is 2.33. The van der Waals surface area contributed by atoms with Gasteiger partial charge in [-0.05, 0) is 5.56 Å². The van der Waals surface area contributed by atoms with Gasteiger partial charge in [-0.1, -0.05) is 30.3 Å². The number of quaternary nitrogens is 2. The maximum Gasteiger partial charge on any atom is 0.135 e. The zero-order chi connectivity index (χ0) is 12.9. The largest absolute Gasteiger partial charge is 0.325 e. The van der Waals surface area contributed by atoms with Gasteiger partial charge in [0.15, 0.2) is 0 Å². The van der Waals surface area contributed by atoms with E-state index in [1.54, 1.807) is 9.80 Å². The van der Waals surface area contributed by atoms with Gasteiger partial charge in [-0.25, -0.2) is 0 Å². The van der Waals surface area contributed by atoms with Crippen molar-refractivity contribution in [2.75, 3.05) is 39.3 Å². The predicted octanol–water partition coefficient (Wildman–Crippen LogP) is -2.03. The SMILES string of the molecule is ONC1=C2C[NH+]3CC[NH+](C2)CC1(c1ccccc1)C3. The van der Waals surface area contributed by atoms with Gasteiger partial charge in [-0.3, -0.25) is 10.7 Å². The van der Waals surface area contributed by atoms with Crippen LogP contribution in [0.15, 0.2) is 41.6 Å². The number of fused-ring (bicyclic) bond motifs is 1. The average molecular weight is 259 g/mol. The van der Waals surface area contributed by atoms with Gasteiger partial charge < -0.3 is 9.80 Å². The van der Waals surface area contributed by atoms with Crippen molar-refractivity contribution in [3.63, 3.8) is 0 Å². The van der Waals surface area contributed by atoms with E-state index in [9.17, 15) is 5.21 Å². The second-order valence-electron chi connectivity index (χ2n) is 6.25. The van der Waals surface area contributed by atoms with Crippen molar-refractivity contribution in [3.8, 4) is 0 Å². The van der Waals surface area contributed by atoms with Crippen LogP contribution < -0.4 is 15.3 Å². The Hall–Kier alpha value is -1.36. The Morgan fingerprint density at radius 1 is 1.00 bits per heavy atom. The van der Waals surface area contributed by atoms with Crippen molar-refractivity contribution >= 4 is 0 Å². The molecule has 4 heteroatoms. The van der Waals surface area contributed by atoms with Crippen molar-refractivity contribution in [1.82, 2.24) is 5.48 Å². The Morgan fingerprint density at radius 3 is 2.21 bits per heavy atom. The van der Waals surface area contributed by atoms with Crippen molar-refractivity contribution in [3.05, 3.63) is 47.2 Å². The lowest BCUT2D eigenvalue weighted by atomic mass is 9.71. The van der Waals surface area contributed by atoms with E-state index in [1.165, 1.54) is 24.2 Å². The highest BCUT2D eigenvalue weighted by molar-refractivity contribution is 5.40. The highest BCUT2D eigenvalue weighted by Gasteiger charge is 2.54. The number of benzene rings is 1. The molecule has 0 saturated carbocycles. The van der Waals surface area contributed by atoms with Gasteiger partial charge >= 0.3 is 0 Å². The summed E-state index contributed by atoms with van der Waals surface area (Å²) in [5, 5.41) is 9.69. The zero-order valence-electron chi connectivity index (χ0n) is 11.1. The molecular formula is C15H21N3O+2. The normalized spacial score (nSPS) is 36.5. The van der Waals surface area contributed by atoms with Crippen LogP contribution in [0.4, 0.5) is 0 Å². The summed E-state index contributed by atoms with van der Waals surface area (Å²) in [7, 11) is 0. The standard InChI is InChI=1S/C15H19N3O/c19-16-14-12-8-17-6-7-18(9-12)11-15(14,10-17)13-4-2-1-3-5-13/h1-5,16,19H,6-11H2/p+2. The van der Waals surface area contributed by atoms with Crippen LogP contribution in [0.3, 0.4) is 0 Å². The first-order valence-electron chi connectivity index (χ1n) is 7.17. The van der Waals surface area contributed by atoms with E-state index in [1.807, 2.05) is 0 Å². The molecule has 0 aromatic heterocycles. The van der Waals surface area contributed by atoms with Crippen LogP contribution >= 0.6 is 0 Å². The monoisotopic (exact) mass is 259 g/mol. The molecule has 1 aromatic carbocycles. The summed E-state index contributed by atoms with van der Waals surface area (Å²) in [6.07, 6.45) is 0. The smallest absolute Gasteiger partial charge is 0.135 e. The second kappa shape index (κ2) is 4.07. The summed E-state index contributed by atoms with van der Waals surface area (Å²) in [6, 6.07) is 10.7. The molecule has 2 fully saturated rings. The lowest BCUT2D eigenvalue weighted by Gasteiger charge is -2.43. The molecular weight excluding hydrogens is 238 g/mol. The fourth-order valence-electron chi connectivity index (χ4n) is 4.40. The van der Waals surface area contributed by atoms with E-state index in [4.69, 9.17) is 0 Å². The number of hydrogen-bond donors (Lipinski definition) is 4. The van der Waals surface area contributed by atoms with Crippen LogP contribution in [0.1, 0.15) is 5.56 Å². The summed E-state index contributed by atoms with van der Waals surface area (Å²) >= 11 is 0. The fraction of sp³-hybridized carbons (Fsp3) is 0.467. The molecule has 4 aliphatic heterocycles. The first kappa shape index (κ1) is 11.5. The molecule has 0 spiro atoms. The van der Waals surface area contributed by atoms with Gasteiger partial charge in [-0.2, -0.15) is 0 Å². The minimum Gasteiger partial charge on any atom is -0.325 e. The van der Waals surface area contributed by atoms with Crippen LogP contribution in [0.5, 0.6) is 0 Å². The van der Waals surface area contributed by atoms with Gasteiger partial charge in [0.25, 0.3) is 0 Å². The Kier molecular flexibility index (Phi) is 2.45. The summed E-state index contributed by atoms with van der Waals surface area (Å²) < 4.78 is 0. The molecule has 2 saturated heterocycles. The predicted molar refractivity (Wildman–Crippen MR) is 71.2 cm³/mol. The van der Waals surface area contributed by atoms with Gasteiger partial charge in [0.2, 0.25) is 0 Å².